The minimum absolute atomic E-state index is 0.0894. The molecule has 1 aliphatic rings. The van der Waals surface area contributed by atoms with Crippen LogP contribution in [0.3, 0.4) is 0 Å². The quantitative estimate of drug-likeness (QED) is 0.686. The third-order valence-electron chi connectivity index (χ3n) is 2.45. The molecule has 1 heterocycles. The number of nitrogens with one attached hydrogen (secondary N) is 1. The van der Waals surface area contributed by atoms with Crippen molar-refractivity contribution in [2.75, 3.05) is 5.32 Å². The maximum Gasteiger partial charge on any atom is 0.396 e. The number of hydrogen-bond donors (Lipinski definition) is 1. The van der Waals surface area contributed by atoms with Crippen molar-refractivity contribution < 1.29 is 22.4 Å². The third kappa shape index (κ3) is 1.87. The van der Waals surface area contributed by atoms with E-state index in [1.54, 1.807) is 0 Å². The highest BCUT2D eigenvalue weighted by Crippen LogP contribution is 2.43. The van der Waals surface area contributed by atoms with Gasteiger partial charge >= 0.3 is 6.18 Å². The number of carbonyl (C=O) groups excluding carboxylic acids is 1. The van der Waals surface area contributed by atoms with Crippen molar-refractivity contribution in [3.63, 3.8) is 0 Å². The molecule has 0 saturated carbocycles. The molecule has 0 fully saturated rings. The number of fused-ring (bicyclic) bond motifs is 1. The lowest BCUT2D eigenvalue weighted by atomic mass is 9.90. The highest BCUT2D eigenvalue weighted by molar-refractivity contribution is 5.94. The van der Waals surface area contributed by atoms with E-state index in [1.807, 2.05) is 0 Å². The van der Waals surface area contributed by atoms with Crippen LogP contribution in [0.15, 0.2) is 18.2 Å². The molecule has 0 aromatic heterocycles. The standard InChI is InChI=1S/C10H7F4NO/c11-5-1-2-6-7(10(12,13)14)4-9(16)15-8(6)3-5/h1-3,7H,4H2,(H,15,16). The van der Waals surface area contributed by atoms with Crippen molar-refractivity contribution in [1.29, 1.82) is 0 Å². The summed E-state index contributed by atoms with van der Waals surface area (Å²) >= 11 is 0. The molecule has 2 rings (SSSR count). The molecular weight excluding hydrogens is 226 g/mol. The van der Waals surface area contributed by atoms with Crippen molar-refractivity contribution in [2.24, 2.45) is 0 Å². The van der Waals surface area contributed by atoms with Gasteiger partial charge in [-0.25, -0.2) is 4.39 Å². The Morgan fingerprint density at radius 2 is 2.00 bits per heavy atom. The number of benzene rings is 1. The van der Waals surface area contributed by atoms with E-state index in [4.69, 9.17) is 0 Å². The second-order valence-corrected chi connectivity index (χ2v) is 3.58. The van der Waals surface area contributed by atoms with Crippen molar-refractivity contribution in [3.8, 4) is 0 Å². The Balaban J connectivity index is 2.50. The number of halogens is 4. The monoisotopic (exact) mass is 233 g/mol. The van der Waals surface area contributed by atoms with Gasteiger partial charge in [-0.05, 0) is 17.7 Å². The number of carbonyl (C=O) groups is 1. The fraction of sp³-hybridized carbons (Fsp3) is 0.300. The van der Waals surface area contributed by atoms with E-state index in [-0.39, 0.29) is 11.3 Å². The Morgan fingerprint density at radius 1 is 1.31 bits per heavy atom. The first-order valence-electron chi connectivity index (χ1n) is 4.54. The molecule has 1 atom stereocenters. The second kappa shape index (κ2) is 3.47. The van der Waals surface area contributed by atoms with Gasteiger partial charge < -0.3 is 5.32 Å². The Labute approximate surface area is 88.3 Å². The molecule has 1 aromatic carbocycles. The molecule has 0 saturated heterocycles. The van der Waals surface area contributed by atoms with E-state index < -0.39 is 30.2 Å². The molecule has 1 unspecified atom stereocenters. The van der Waals surface area contributed by atoms with Crippen LogP contribution in [0, 0.1) is 5.82 Å². The normalized spacial score (nSPS) is 20.2. The molecule has 0 spiro atoms. The summed E-state index contributed by atoms with van der Waals surface area (Å²) in [7, 11) is 0. The van der Waals surface area contributed by atoms with Gasteiger partial charge in [0.25, 0.3) is 0 Å². The Morgan fingerprint density at radius 3 is 2.62 bits per heavy atom. The summed E-state index contributed by atoms with van der Waals surface area (Å²) < 4.78 is 50.7. The van der Waals surface area contributed by atoms with Gasteiger partial charge in [-0.15, -0.1) is 0 Å². The molecule has 0 bridgehead atoms. The number of rotatable bonds is 0. The summed E-state index contributed by atoms with van der Waals surface area (Å²) in [6, 6.07) is 2.91. The summed E-state index contributed by atoms with van der Waals surface area (Å²) in [6.45, 7) is 0. The summed E-state index contributed by atoms with van der Waals surface area (Å²) in [5, 5.41) is 2.22. The van der Waals surface area contributed by atoms with E-state index in [9.17, 15) is 22.4 Å². The second-order valence-electron chi connectivity index (χ2n) is 3.58. The molecule has 0 aliphatic carbocycles. The predicted octanol–water partition coefficient (Wildman–Crippen LogP) is 2.81. The van der Waals surface area contributed by atoms with Crippen LogP contribution in [0.25, 0.3) is 0 Å². The van der Waals surface area contributed by atoms with Gasteiger partial charge in [-0.1, -0.05) is 6.07 Å². The Hall–Kier alpha value is -1.59. The van der Waals surface area contributed by atoms with Crippen molar-refractivity contribution >= 4 is 11.6 Å². The molecule has 2 nitrogen and oxygen atoms in total. The van der Waals surface area contributed by atoms with Crippen molar-refractivity contribution in [1.82, 2.24) is 0 Å². The molecule has 1 aromatic rings. The molecule has 86 valence electrons. The lowest BCUT2D eigenvalue weighted by molar-refractivity contribution is -0.156. The average molecular weight is 233 g/mol. The third-order valence-corrected chi connectivity index (χ3v) is 2.45. The minimum Gasteiger partial charge on any atom is -0.326 e. The van der Waals surface area contributed by atoms with Crippen LogP contribution in [-0.4, -0.2) is 12.1 Å². The molecule has 16 heavy (non-hydrogen) atoms. The summed E-state index contributed by atoms with van der Waals surface area (Å²) in [5.74, 6) is -3.28. The Kier molecular flexibility index (Phi) is 2.36. The summed E-state index contributed by atoms with van der Waals surface area (Å²) in [6.07, 6.45) is -5.15. The fourth-order valence-electron chi connectivity index (χ4n) is 1.73. The molecule has 1 aliphatic heterocycles. The van der Waals surface area contributed by atoms with E-state index in [0.717, 1.165) is 18.2 Å². The summed E-state index contributed by atoms with van der Waals surface area (Å²) in [5.41, 5.74) is -0.188. The first-order chi connectivity index (χ1) is 7.38. The van der Waals surface area contributed by atoms with E-state index >= 15 is 0 Å². The van der Waals surface area contributed by atoms with Crippen LogP contribution in [-0.2, 0) is 4.79 Å². The maximum absolute atomic E-state index is 12.8. The number of hydrogen-bond acceptors (Lipinski definition) is 1. The first-order valence-corrected chi connectivity index (χ1v) is 4.54. The van der Waals surface area contributed by atoms with Gasteiger partial charge in [0.2, 0.25) is 5.91 Å². The highest BCUT2D eigenvalue weighted by atomic mass is 19.4. The highest BCUT2D eigenvalue weighted by Gasteiger charge is 2.45. The topological polar surface area (TPSA) is 29.1 Å². The molecular formula is C10H7F4NO. The lowest BCUT2D eigenvalue weighted by Gasteiger charge is -2.27. The maximum atomic E-state index is 12.8. The van der Waals surface area contributed by atoms with E-state index in [0.29, 0.717) is 0 Å². The molecule has 0 radical (unpaired) electrons. The van der Waals surface area contributed by atoms with Crippen molar-refractivity contribution in [2.45, 2.75) is 18.5 Å². The Bertz CT molecular complexity index is 441. The zero-order valence-corrected chi connectivity index (χ0v) is 7.94. The zero-order valence-electron chi connectivity index (χ0n) is 7.94. The molecule has 1 N–H and O–H groups in total. The molecule has 6 heteroatoms. The number of anilines is 1. The minimum atomic E-state index is -4.50. The van der Waals surface area contributed by atoms with E-state index in [1.165, 1.54) is 0 Å². The van der Waals surface area contributed by atoms with Crippen LogP contribution >= 0.6 is 0 Å². The van der Waals surface area contributed by atoms with Crippen LogP contribution in [0.5, 0.6) is 0 Å². The molecule has 1 amide bonds. The van der Waals surface area contributed by atoms with Gasteiger partial charge in [-0.2, -0.15) is 13.2 Å². The van der Waals surface area contributed by atoms with Crippen LogP contribution in [0.2, 0.25) is 0 Å². The van der Waals surface area contributed by atoms with Crippen molar-refractivity contribution in [3.05, 3.63) is 29.6 Å². The summed E-state index contributed by atoms with van der Waals surface area (Å²) in [4.78, 5) is 11.1. The lowest BCUT2D eigenvalue weighted by Crippen LogP contribution is -2.31. The predicted molar refractivity (Wildman–Crippen MR) is 48.4 cm³/mol. The fourth-order valence-corrected chi connectivity index (χ4v) is 1.73. The number of amides is 1. The van der Waals surface area contributed by atoms with Gasteiger partial charge in [0.1, 0.15) is 5.82 Å². The first kappa shape index (κ1) is 10.9. The largest absolute Gasteiger partial charge is 0.396 e. The van der Waals surface area contributed by atoms with Crippen LogP contribution in [0.1, 0.15) is 17.9 Å². The van der Waals surface area contributed by atoms with Crippen LogP contribution < -0.4 is 5.32 Å². The smallest absolute Gasteiger partial charge is 0.326 e. The van der Waals surface area contributed by atoms with Gasteiger partial charge in [0.15, 0.2) is 0 Å². The van der Waals surface area contributed by atoms with Gasteiger partial charge in [0.05, 0.1) is 5.92 Å². The van der Waals surface area contributed by atoms with Gasteiger partial charge in [-0.3, -0.25) is 4.79 Å². The van der Waals surface area contributed by atoms with Gasteiger partial charge in [0, 0.05) is 12.1 Å². The average Bonchev–Trinajstić information content (AvgIpc) is 2.14. The zero-order chi connectivity index (χ0) is 11.9. The number of alkyl halides is 3. The van der Waals surface area contributed by atoms with Crippen LogP contribution in [0.4, 0.5) is 23.2 Å². The van der Waals surface area contributed by atoms with E-state index in [2.05, 4.69) is 5.32 Å². The SMILES string of the molecule is O=C1CC(C(F)(F)F)c2ccc(F)cc2N1.